The topological polar surface area (TPSA) is 56.3 Å². The monoisotopic (exact) mass is 406 g/mol. The third kappa shape index (κ3) is 2.66. The van der Waals surface area contributed by atoms with Crippen LogP contribution in [-0.4, -0.2) is 27.0 Å². The Kier molecular flexibility index (Phi) is 4.30. The number of H-pyrrole nitrogens is 1. The van der Waals surface area contributed by atoms with Gasteiger partial charge in [-0.3, -0.25) is 9.69 Å². The van der Waals surface area contributed by atoms with Crippen LogP contribution in [0.3, 0.4) is 0 Å². The molecule has 3 heterocycles. The van der Waals surface area contributed by atoms with E-state index in [2.05, 4.69) is 41.1 Å². The Bertz CT molecular complexity index is 1130. The van der Waals surface area contributed by atoms with E-state index in [1.165, 1.54) is 0 Å². The molecule has 0 bridgehead atoms. The second kappa shape index (κ2) is 6.75. The Hall–Kier alpha value is -2.56. The molecule has 5 heteroatoms. The summed E-state index contributed by atoms with van der Waals surface area (Å²) >= 11 is 6.87. The number of aromatic amines is 1. The Morgan fingerprint density at radius 1 is 1.14 bits per heavy atom. The van der Waals surface area contributed by atoms with Crippen LogP contribution in [0.2, 0.25) is 0 Å². The molecule has 2 aliphatic rings. The number of carbonyl (C=O) groups is 1. The molecule has 2 aromatic carbocycles. The Morgan fingerprint density at radius 2 is 1.83 bits per heavy atom. The predicted octanol–water partition coefficient (Wildman–Crippen LogP) is 5.42. The zero-order valence-corrected chi connectivity index (χ0v) is 17.1. The normalized spacial score (nSPS) is 27.0. The zero-order chi connectivity index (χ0) is 20.3. The van der Waals surface area contributed by atoms with Crippen molar-refractivity contribution in [2.75, 3.05) is 0 Å². The molecule has 0 spiro atoms. The van der Waals surface area contributed by atoms with E-state index in [4.69, 9.17) is 11.6 Å². The van der Waals surface area contributed by atoms with Crippen LogP contribution in [0.15, 0.2) is 65.2 Å². The van der Waals surface area contributed by atoms with Crippen LogP contribution in [-0.2, 0) is 11.2 Å². The van der Waals surface area contributed by atoms with E-state index in [0.29, 0.717) is 6.42 Å². The number of benzene rings is 2. The molecule has 0 fully saturated rings. The van der Waals surface area contributed by atoms with Crippen LogP contribution in [0.1, 0.15) is 42.8 Å². The molecule has 0 amide bonds. The molecule has 0 saturated heterocycles. The molecule has 0 saturated carbocycles. The van der Waals surface area contributed by atoms with Gasteiger partial charge in [-0.05, 0) is 29.7 Å². The van der Waals surface area contributed by atoms with E-state index in [-0.39, 0.29) is 18.0 Å². The quantitative estimate of drug-likeness (QED) is 0.597. The summed E-state index contributed by atoms with van der Waals surface area (Å²) in [6.45, 7) is 4.14. The van der Waals surface area contributed by atoms with Crippen molar-refractivity contribution in [3.63, 3.8) is 0 Å². The fourth-order valence-corrected chi connectivity index (χ4v) is 5.53. The van der Waals surface area contributed by atoms with Gasteiger partial charge in [0.25, 0.3) is 0 Å². The second-order valence-corrected chi connectivity index (χ2v) is 8.55. The summed E-state index contributed by atoms with van der Waals surface area (Å²) in [5, 5.41) is 12.1. The molecule has 4 nitrogen and oxygen atoms in total. The Morgan fingerprint density at radius 3 is 2.55 bits per heavy atom. The highest BCUT2D eigenvalue weighted by molar-refractivity contribution is 6.30. The molecule has 2 aliphatic heterocycles. The van der Waals surface area contributed by atoms with Gasteiger partial charge >= 0.3 is 5.97 Å². The number of hydrogen-bond donors (Lipinski definition) is 2. The lowest BCUT2D eigenvalue weighted by molar-refractivity contribution is -0.147. The van der Waals surface area contributed by atoms with Crippen molar-refractivity contribution in [1.29, 1.82) is 0 Å². The van der Waals surface area contributed by atoms with E-state index < -0.39 is 12.0 Å². The molecule has 4 atom stereocenters. The Labute approximate surface area is 174 Å². The van der Waals surface area contributed by atoms with E-state index in [1.54, 1.807) is 0 Å². The van der Waals surface area contributed by atoms with Gasteiger partial charge in [0.15, 0.2) is 0 Å². The van der Waals surface area contributed by atoms with Gasteiger partial charge in [0.1, 0.15) is 6.04 Å². The van der Waals surface area contributed by atoms with Crippen molar-refractivity contribution in [3.05, 3.63) is 82.0 Å². The van der Waals surface area contributed by atoms with Crippen LogP contribution in [0.4, 0.5) is 0 Å². The maximum Gasteiger partial charge on any atom is 0.321 e. The van der Waals surface area contributed by atoms with Gasteiger partial charge in [-0.1, -0.05) is 67.1 Å². The number of halogens is 1. The first-order valence-corrected chi connectivity index (χ1v) is 10.4. The number of para-hydroxylation sites is 1. The highest BCUT2D eigenvalue weighted by Gasteiger charge is 2.49. The van der Waals surface area contributed by atoms with Gasteiger partial charge in [-0.15, -0.1) is 0 Å². The number of nitrogens with one attached hydrogen (secondary N) is 1. The van der Waals surface area contributed by atoms with Gasteiger partial charge in [0.2, 0.25) is 0 Å². The first kappa shape index (κ1) is 18.5. The molecule has 0 radical (unpaired) electrons. The first-order chi connectivity index (χ1) is 14.0. The van der Waals surface area contributed by atoms with Crippen molar-refractivity contribution < 1.29 is 9.90 Å². The molecular weight excluding hydrogens is 384 g/mol. The summed E-state index contributed by atoms with van der Waals surface area (Å²) in [5.41, 5.74) is 5.35. The minimum atomic E-state index is -0.787. The standard InChI is InChI=1S/C24H23ClN2O2/c1-13-20(25)14(2)23-21-17(16-10-6-7-11-18(16)26-21)12-19(24(28)29)27(23)22(13)15-8-4-3-5-9-15/h3-11,13,19,22-23,26H,12H2,1-2H3,(H,28,29)/t13?,19-,22?,23+/m0/s1. The number of hydrogen-bond acceptors (Lipinski definition) is 2. The first-order valence-electron chi connectivity index (χ1n) is 10.00. The minimum Gasteiger partial charge on any atom is -0.480 e. The van der Waals surface area contributed by atoms with Gasteiger partial charge in [-0.2, -0.15) is 0 Å². The van der Waals surface area contributed by atoms with Gasteiger partial charge < -0.3 is 10.1 Å². The summed E-state index contributed by atoms with van der Waals surface area (Å²) in [6, 6.07) is 17.4. The number of rotatable bonds is 2. The molecule has 0 aliphatic carbocycles. The van der Waals surface area contributed by atoms with E-state index in [9.17, 15) is 9.90 Å². The minimum absolute atomic E-state index is 0.0168. The van der Waals surface area contributed by atoms with E-state index in [1.807, 2.05) is 37.3 Å². The van der Waals surface area contributed by atoms with Crippen molar-refractivity contribution >= 4 is 28.5 Å². The van der Waals surface area contributed by atoms with Crippen LogP contribution < -0.4 is 0 Å². The summed E-state index contributed by atoms with van der Waals surface area (Å²) in [7, 11) is 0. The highest BCUT2D eigenvalue weighted by Crippen LogP contribution is 2.53. The second-order valence-electron chi connectivity index (χ2n) is 8.15. The van der Waals surface area contributed by atoms with Crippen LogP contribution >= 0.6 is 11.6 Å². The molecule has 2 unspecified atom stereocenters. The lowest BCUT2D eigenvalue weighted by Gasteiger charge is -2.50. The largest absolute Gasteiger partial charge is 0.480 e. The smallest absolute Gasteiger partial charge is 0.321 e. The van der Waals surface area contributed by atoms with E-state index in [0.717, 1.165) is 38.3 Å². The summed E-state index contributed by atoms with van der Waals surface area (Å²) in [5.74, 6) is -0.770. The van der Waals surface area contributed by atoms with Gasteiger partial charge in [0.05, 0.1) is 6.04 Å². The maximum absolute atomic E-state index is 12.4. The molecule has 5 rings (SSSR count). The zero-order valence-electron chi connectivity index (χ0n) is 16.4. The third-order valence-corrected chi connectivity index (χ3v) is 7.23. The summed E-state index contributed by atoms with van der Waals surface area (Å²) < 4.78 is 0. The molecular formula is C24H23ClN2O2. The fraction of sp³-hybridized carbons (Fsp3) is 0.292. The molecule has 2 N–H and O–H groups in total. The number of fused-ring (bicyclic) bond motifs is 5. The van der Waals surface area contributed by atoms with Crippen LogP contribution in [0.5, 0.6) is 0 Å². The van der Waals surface area contributed by atoms with Crippen LogP contribution in [0, 0.1) is 5.92 Å². The predicted molar refractivity (Wildman–Crippen MR) is 115 cm³/mol. The summed E-state index contributed by atoms with van der Waals surface area (Å²) in [4.78, 5) is 18.2. The van der Waals surface area contributed by atoms with Crippen molar-refractivity contribution in [1.82, 2.24) is 9.88 Å². The van der Waals surface area contributed by atoms with Crippen molar-refractivity contribution in [2.45, 2.75) is 38.4 Å². The van der Waals surface area contributed by atoms with E-state index >= 15 is 0 Å². The SMILES string of the molecule is CC1=C(Cl)C(C)C(c2ccccc2)N2[C@H]1c1[nH]c3ccccc3c1C[C@H]2C(=O)O. The van der Waals surface area contributed by atoms with Crippen molar-refractivity contribution in [2.24, 2.45) is 5.92 Å². The number of nitrogens with zero attached hydrogens (tertiary/aromatic N) is 1. The number of carboxylic acids is 1. The fourth-order valence-electron chi connectivity index (χ4n) is 5.31. The molecule has 1 aromatic heterocycles. The number of aromatic nitrogens is 1. The van der Waals surface area contributed by atoms with Gasteiger partial charge in [0, 0.05) is 40.0 Å². The maximum atomic E-state index is 12.4. The lowest BCUT2D eigenvalue weighted by atomic mass is 9.77. The number of carboxylic acid groups (broad SMARTS) is 1. The highest BCUT2D eigenvalue weighted by atomic mass is 35.5. The van der Waals surface area contributed by atoms with Gasteiger partial charge in [-0.25, -0.2) is 0 Å². The Balaban J connectivity index is 1.78. The molecule has 29 heavy (non-hydrogen) atoms. The molecule has 3 aromatic rings. The molecule has 148 valence electrons. The third-order valence-electron chi connectivity index (χ3n) is 6.58. The average molecular weight is 407 g/mol. The summed E-state index contributed by atoms with van der Waals surface area (Å²) in [6.07, 6.45) is 0.478. The number of aliphatic carboxylic acids is 1. The van der Waals surface area contributed by atoms with Crippen LogP contribution in [0.25, 0.3) is 10.9 Å². The van der Waals surface area contributed by atoms with Crippen molar-refractivity contribution in [3.8, 4) is 0 Å². The lowest BCUT2D eigenvalue weighted by Crippen LogP contribution is -2.53. The average Bonchev–Trinajstić information content (AvgIpc) is 3.10.